The first kappa shape index (κ1) is 17.6. The van der Waals surface area contributed by atoms with Crippen molar-refractivity contribution in [2.45, 2.75) is 56.4 Å². The zero-order valence-corrected chi connectivity index (χ0v) is 14.9. The molecule has 0 spiro atoms. The molecule has 1 heterocycles. The van der Waals surface area contributed by atoms with E-state index in [1.807, 2.05) is 29.3 Å². The fraction of sp³-hybridized carbons (Fsp3) is 0.688. The van der Waals surface area contributed by atoms with Crippen molar-refractivity contribution in [3.8, 4) is 0 Å². The molecule has 1 aromatic heterocycles. The van der Waals surface area contributed by atoms with Gasteiger partial charge in [-0.25, -0.2) is 4.79 Å². The lowest BCUT2D eigenvalue weighted by Crippen LogP contribution is -2.48. The van der Waals surface area contributed by atoms with E-state index in [2.05, 4.69) is 17.6 Å². The molecule has 3 atom stereocenters. The molecule has 0 aliphatic heterocycles. The number of amides is 2. The van der Waals surface area contributed by atoms with Crippen molar-refractivity contribution in [3.05, 3.63) is 22.4 Å². The maximum absolute atomic E-state index is 12.1. The molecule has 0 radical (unpaired) electrons. The molecule has 3 unspecified atom stereocenters. The number of rotatable bonds is 6. The van der Waals surface area contributed by atoms with Crippen LogP contribution in [0.2, 0.25) is 0 Å². The SMILES string of the molecule is CCSC1CCCC(NC(=O)NCC(C)(O)c2cccs2)C1. The normalized spacial score (nSPS) is 24.5. The van der Waals surface area contributed by atoms with E-state index in [-0.39, 0.29) is 18.6 Å². The Morgan fingerprint density at radius 2 is 2.36 bits per heavy atom. The summed E-state index contributed by atoms with van der Waals surface area (Å²) >= 11 is 3.49. The Bertz CT molecular complexity index is 461. The van der Waals surface area contributed by atoms with Crippen LogP contribution in [0.1, 0.15) is 44.4 Å². The first-order valence-electron chi connectivity index (χ1n) is 7.93. The second kappa shape index (κ2) is 8.22. The Labute approximate surface area is 141 Å². The fourth-order valence-corrected chi connectivity index (χ4v) is 4.78. The first-order valence-corrected chi connectivity index (χ1v) is 9.86. The van der Waals surface area contributed by atoms with Gasteiger partial charge in [0.15, 0.2) is 0 Å². The van der Waals surface area contributed by atoms with Gasteiger partial charge in [-0.3, -0.25) is 0 Å². The summed E-state index contributed by atoms with van der Waals surface area (Å²) in [6.07, 6.45) is 4.53. The summed E-state index contributed by atoms with van der Waals surface area (Å²) in [5.41, 5.74) is -1.02. The molecule has 0 saturated heterocycles. The molecule has 1 saturated carbocycles. The number of nitrogens with one attached hydrogen (secondary N) is 2. The molecule has 2 rings (SSSR count). The van der Waals surface area contributed by atoms with Crippen LogP contribution in [0.15, 0.2) is 17.5 Å². The Kier molecular flexibility index (Phi) is 6.59. The molecule has 22 heavy (non-hydrogen) atoms. The molecular weight excluding hydrogens is 316 g/mol. The average Bonchev–Trinajstić information content (AvgIpc) is 3.01. The maximum atomic E-state index is 12.1. The van der Waals surface area contributed by atoms with Gasteiger partial charge in [-0.15, -0.1) is 11.3 Å². The van der Waals surface area contributed by atoms with E-state index < -0.39 is 5.60 Å². The van der Waals surface area contributed by atoms with Crippen molar-refractivity contribution >= 4 is 29.1 Å². The van der Waals surface area contributed by atoms with E-state index in [1.165, 1.54) is 24.2 Å². The highest BCUT2D eigenvalue weighted by Gasteiger charge is 2.26. The second-order valence-electron chi connectivity index (χ2n) is 6.02. The minimum absolute atomic E-state index is 0.177. The van der Waals surface area contributed by atoms with Crippen LogP contribution in [0.4, 0.5) is 4.79 Å². The van der Waals surface area contributed by atoms with Crippen LogP contribution in [0, 0.1) is 0 Å². The highest BCUT2D eigenvalue weighted by atomic mass is 32.2. The van der Waals surface area contributed by atoms with Crippen LogP contribution >= 0.6 is 23.1 Å². The van der Waals surface area contributed by atoms with E-state index in [4.69, 9.17) is 0 Å². The van der Waals surface area contributed by atoms with Crippen molar-refractivity contribution in [1.29, 1.82) is 0 Å². The predicted octanol–water partition coefficient (Wildman–Crippen LogP) is 3.32. The molecule has 3 N–H and O–H groups in total. The van der Waals surface area contributed by atoms with Crippen molar-refractivity contribution < 1.29 is 9.90 Å². The monoisotopic (exact) mass is 342 g/mol. The minimum Gasteiger partial charge on any atom is -0.383 e. The number of carbonyl (C=O) groups excluding carboxylic acids is 1. The summed E-state index contributed by atoms with van der Waals surface area (Å²) < 4.78 is 0. The molecule has 6 heteroatoms. The van der Waals surface area contributed by atoms with Gasteiger partial charge in [0.2, 0.25) is 0 Å². The summed E-state index contributed by atoms with van der Waals surface area (Å²) in [5.74, 6) is 1.13. The molecule has 1 fully saturated rings. The summed E-state index contributed by atoms with van der Waals surface area (Å²) in [6.45, 7) is 4.13. The third-order valence-corrected chi connectivity index (χ3v) is 6.36. The van der Waals surface area contributed by atoms with Gasteiger partial charge in [0.05, 0.1) is 6.54 Å². The average molecular weight is 343 g/mol. The topological polar surface area (TPSA) is 61.4 Å². The van der Waals surface area contributed by atoms with Gasteiger partial charge < -0.3 is 15.7 Å². The first-order chi connectivity index (χ1) is 10.5. The Morgan fingerprint density at radius 1 is 1.55 bits per heavy atom. The largest absolute Gasteiger partial charge is 0.383 e. The second-order valence-corrected chi connectivity index (χ2v) is 8.54. The van der Waals surface area contributed by atoms with Crippen LogP contribution in [0.5, 0.6) is 0 Å². The van der Waals surface area contributed by atoms with E-state index in [0.29, 0.717) is 5.25 Å². The summed E-state index contributed by atoms with van der Waals surface area (Å²) in [6, 6.07) is 3.87. The van der Waals surface area contributed by atoms with E-state index in [9.17, 15) is 9.90 Å². The number of aliphatic hydroxyl groups is 1. The number of urea groups is 1. The molecule has 0 bridgehead atoms. The van der Waals surface area contributed by atoms with Crippen LogP contribution in [0.25, 0.3) is 0 Å². The number of hydrogen-bond donors (Lipinski definition) is 3. The lowest BCUT2D eigenvalue weighted by molar-refractivity contribution is 0.0629. The highest BCUT2D eigenvalue weighted by Crippen LogP contribution is 2.28. The standard InChI is InChI=1S/C16H26N2O2S2/c1-3-21-13-7-4-6-12(10-13)18-15(19)17-11-16(2,20)14-8-5-9-22-14/h5,8-9,12-13,20H,3-4,6-7,10-11H2,1-2H3,(H2,17,18,19). The molecule has 2 amide bonds. The molecular formula is C16H26N2O2S2. The Balaban J connectivity index is 1.76. The van der Waals surface area contributed by atoms with Gasteiger partial charge in [-0.05, 0) is 43.4 Å². The number of thioether (sulfide) groups is 1. The summed E-state index contributed by atoms with van der Waals surface area (Å²) in [5, 5.41) is 18.9. The van der Waals surface area contributed by atoms with Gasteiger partial charge in [-0.2, -0.15) is 11.8 Å². The van der Waals surface area contributed by atoms with Gasteiger partial charge in [-0.1, -0.05) is 19.4 Å². The van der Waals surface area contributed by atoms with Gasteiger partial charge >= 0.3 is 6.03 Å². The zero-order chi connectivity index (χ0) is 16.0. The Morgan fingerprint density at radius 3 is 3.05 bits per heavy atom. The quantitative estimate of drug-likeness (QED) is 0.743. The predicted molar refractivity (Wildman–Crippen MR) is 94.6 cm³/mol. The molecule has 1 aliphatic rings. The lowest BCUT2D eigenvalue weighted by Gasteiger charge is -2.30. The number of hydrogen-bond acceptors (Lipinski definition) is 4. The van der Waals surface area contributed by atoms with Crippen LogP contribution in [-0.2, 0) is 5.60 Å². The van der Waals surface area contributed by atoms with Crippen molar-refractivity contribution in [1.82, 2.24) is 10.6 Å². The fourth-order valence-electron chi connectivity index (χ4n) is 2.82. The number of carbonyl (C=O) groups is 1. The summed E-state index contributed by atoms with van der Waals surface area (Å²) in [7, 11) is 0. The van der Waals surface area contributed by atoms with Crippen molar-refractivity contribution in [2.24, 2.45) is 0 Å². The minimum atomic E-state index is -1.02. The molecule has 1 aromatic rings. The van der Waals surface area contributed by atoms with Gasteiger partial charge in [0.25, 0.3) is 0 Å². The van der Waals surface area contributed by atoms with Gasteiger partial charge in [0, 0.05) is 16.2 Å². The highest BCUT2D eigenvalue weighted by molar-refractivity contribution is 7.99. The Hall–Kier alpha value is -0.720. The van der Waals surface area contributed by atoms with E-state index in [0.717, 1.165) is 23.5 Å². The van der Waals surface area contributed by atoms with Crippen LogP contribution in [0.3, 0.4) is 0 Å². The third-order valence-electron chi connectivity index (χ3n) is 4.01. The van der Waals surface area contributed by atoms with Crippen molar-refractivity contribution in [2.75, 3.05) is 12.3 Å². The lowest BCUT2D eigenvalue weighted by atomic mass is 9.95. The van der Waals surface area contributed by atoms with Crippen LogP contribution in [-0.4, -0.2) is 34.7 Å². The third kappa shape index (κ3) is 5.18. The van der Waals surface area contributed by atoms with Crippen LogP contribution < -0.4 is 10.6 Å². The van der Waals surface area contributed by atoms with E-state index in [1.54, 1.807) is 6.92 Å². The van der Waals surface area contributed by atoms with Gasteiger partial charge in [0.1, 0.15) is 5.60 Å². The number of thiophene rings is 1. The van der Waals surface area contributed by atoms with E-state index >= 15 is 0 Å². The molecule has 1 aliphatic carbocycles. The molecule has 4 nitrogen and oxygen atoms in total. The molecule has 124 valence electrons. The summed E-state index contributed by atoms with van der Waals surface area (Å²) in [4.78, 5) is 12.9. The zero-order valence-electron chi connectivity index (χ0n) is 13.3. The maximum Gasteiger partial charge on any atom is 0.315 e. The smallest absolute Gasteiger partial charge is 0.315 e. The molecule has 0 aromatic carbocycles. The van der Waals surface area contributed by atoms with Crippen molar-refractivity contribution in [3.63, 3.8) is 0 Å².